The normalized spacial score (nSPS) is 12.8. The van der Waals surface area contributed by atoms with Gasteiger partial charge in [-0.2, -0.15) is 0 Å². The van der Waals surface area contributed by atoms with E-state index in [1.165, 1.54) is 16.8 Å². The maximum atomic E-state index is 5.98. The molecule has 1 atom stereocenters. The van der Waals surface area contributed by atoms with Crippen molar-refractivity contribution in [3.63, 3.8) is 0 Å². The summed E-state index contributed by atoms with van der Waals surface area (Å²) in [7, 11) is 1.75. The van der Waals surface area contributed by atoms with Crippen LogP contribution >= 0.6 is 0 Å². The first kappa shape index (κ1) is 16.0. The Kier molecular flexibility index (Phi) is 6.32. The van der Waals surface area contributed by atoms with Crippen molar-refractivity contribution in [3.05, 3.63) is 29.3 Å². The molecule has 0 aliphatic rings. The first-order valence-corrected chi connectivity index (χ1v) is 7.06. The molecule has 2 N–H and O–H groups in total. The first-order valence-electron chi connectivity index (χ1n) is 7.06. The molecule has 0 aliphatic heterocycles. The maximum Gasteiger partial charge on any atom is 0.0637 e. The molecule has 108 valence electrons. The highest BCUT2D eigenvalue weighted by atomic mass is 16.5. The number of rotatable bonds is 7. The molecule has 1 rings (SSSR count). The molecule has 19 heavy (non-hydrogen) atoms. The summed E-state index contributed by atoms with van der Waals surface area (Å²) in [6.07, 6.45) is 0.910. The highest BCUT2D eigenvalue weighted by Gasteiger charge is 2.15. The van der Waals surface area contributed by atoms with Crippen LogP contribution in [0.15, 0.2) is 18.2 Å². The minimum Gasteiger partial charge on any atom is -0.383 e. The van der Waals surface area contributed by atoms with E-state index in [0.29, 0.717) is 6.04 Å². The lowest BCUT2D eigenvalue weighted by Crippen LogP contribution is -2.35. The third-order valence-corrected chi connectivity index (χ3v) is 3.25. The zero-order valence-corrected chi connectivity index (χ0v) is 12.9. The van der Waals surface area contributed by atoms with Crippen molar-refractivity contribution in [2.24, 2.45) is 5.73 Å². The summed E-state index contributed by atoms with van der Waals surface area (Å²) in [4.78, 5) is 2.39. The number of methoxy groups -OCH3 is 1. The van der Waals surface area contributed by atoms with Gasteiger partial charge in [-0.3, -0.25) is 0 Å². The fourth-order valence-corrected chi connectivity index (χ4v) is 2.35. The highest BCUT2D eigenvalue weighted by Crippen LogP contribution is 2.25. The molecule has 0 spiro atoms. The number of aryl methyl sites for hydroxylation is 1. The van der Waals surface area contributed by atoms with Crippen molar-refractivity contribution >= 4 is 5.69 Å². The predicted molar refractivity (Wildman–Crippen MR) is 82.9 cm³/mol. The number of nitrogens with zero attached hydrogens (tertiary/aromatic N) is 1. The molecule has 1 aromatic rings. The molecule has 0 radical (unpaired) electrons. The SMILES string of the molecule is COCCN(c1ccc(C)cc1CC(C)N)C(C)C. The molecule has 3 heteroatoms. The Hall–Kier alpha value is -1.06. The second-order valence-corrected chi connectivity index (χ2v) is 5.59. The number of benzene rings is 1. The van der Waals surface area contributed by atoms with E-state index < -0.39 is 0 Å². The molecule has 0 aromatic heterocycles. The van der Waals surface area contributed by atoms with Crippen molar-refractivity contribution in [3.8, 4) is 0 Å². The van der Waals surface area contributed by atoms with Crippen LogP contribution in [0.3, 0.4) is 0 Å². The summed E-state index contributed by atoms with van der Waals surface area (Å²) in [5, 5.41) is 0. The zero-order valence-electron chi connectivity index (χ0n) is 12.9. The minimum atomic E-state index is 0.178. The first-order chi connectivity index (χ1) is 8.95. The van der Waals surface area contributed by atoms with Gasteiger partial charge in [0.05, 0.1) is 6.61 Å². The Balaban J connectivity index is 3.06. The summed E-state index contributed by atoms with van der Waals surface area (Å²) < 4.78 is 5.22. The third-order valence-electron chi connectivity index (χ3n) is 3.25. The fourth-order valence-electron chi connectivity index (χ4n) is 2.35. The van der Waals surface area contributed by atoms with E-state index in [9.17, 15) is 0 Å². The van der Waals surface area contributed by atoms with Crippen LogP contribution in [0.25, 0.3) is 0 Å². The van der Waals surface area contributed by atoms with E-state index >= 15 is 0 Å². The zero-order chi connectivity index (χ0) is 14.4. The predicted octanol–water partition coefficient (Wildman–Crippen LogP) is 2.75. The number of nitrogens with two attached hydrogens (primary N) is 1. The monoisotopic (exact) mass is 264 g/mol. The van der Waals surface area contributed by atoms with Crippen molar-refractivity contribution < 1.29 is 4.74 Å². The number of hydrogen-bond acceptors (Lipinski definition) is 3. The fraction of sp³-hybridized carbons (Fsp3) is 0.625. The van der Waals surface area contributed by atoms with Crippen molar-refractivity contribution in [2.75, 3.05) is 25.2 Å². The van der Waals surface area contributed by atoms with Crippen LogP contribution in [-0.2, 0) is 11.2 Å². The van der Waals surface area contributed by atoms with Gasteiger partial charge in [-0.1, -0.05) is 17.7 Å². The summed E-state index contributed by atoms with van der Waals surface area (Å²) >= 11 is 0. The molecule has 0 saturated heterocycles. The quantitative estimate of drug-likeness (QED) is 0.823. The second kappa shape index (κ2) is 7.51. The maximum absolute atomic E-state index is 5.98. The standard InChI is InChI=1S/C16H28N2O/c1-12(2)18(8-9-19-5)16-7-6-13(3)10-15(16)11-14(4)17/h6-7,10,12,14H,8-9,11,17H2,1-5H3. The number of ether oxygens (including phenoxy) is 1. The Morgan fingerprint density at radius 3 is 2.47 bits per heavy atom. The van der Waals surface area contributed by atoms with Crippen molar-refractivity contribution in [1.29, 1.82) is 0 Å². The molecule has 1 unspecified atom stereocenters. The molecule has 0 amide bonds. The van der Waals surface area contributed by atoms with Crippen LogP contribution in [0.1, 0.15) is 31.9 Å². The second-order valence-electron chi connectivity index (χ2n) is 5.59. The average molecular weight is 264 g/mol. The van der Waals surface area contributed by atoms with E-state index in [4.69, 9.17) is 10.5 Å². The molecule has 0 fully saturated rings. The summed E-state index contributed by atoms with van der Waals surface area (Å²) in [6.45, 7) is 10.3. The topological polar surface area (TPSA) is 38.5 Å². The van der Waals surface area contributed by atoms with Crippen molar-refractivity contribution in [1.82, 2.24) is 0 Å². The molecule has 0 saturated carbocycles. The van der Waals surface area contributed by atoms with Crippen LogP contribution in [-0.4, -0.2) is 32.3 Å². The van der Waals surface area contributed by atoms with E-state index in [0.717, 1.165) is 19.6 Å². The van der Waals surface area contributed by atoms with Crippen molar-refractivity contribution in [2.45, 2.75) is 46.2 Å². The molecular weight excluding hydrogens is 236 g/mol. The van der Waals surface area contributed by atoms with E-state index in [-0.39, 0.29) is 6.04 Å². The number of anilines is 1. The van der Waals surface area contributed by atoms with Gasteiger partial charge < -0.3 is 15.4 Å². The smallest absolute Gasteiger partial charge is 0.0637 e. The Bertz CT molecular complexity index is 388. The van der Waals surface area contributed by atoms with Gasteiger partial charge in [0, 0.05) is 31.4 Å². The van der Waals surface area contributed by atoms with Gasteiger partial charge in [-0.05, 0) is 45.7 Å². The van der Waals surface area contributed by atoms with E-state index in [1.807, 2.05) is 0 Å². The van der Waals surface area contributed by atoms with Gasteiger partial charge in [0.25, 0.3) is 0 Å². The third kappa shape index (κ3) is 4.84. The highest BCUT2D eigenvalue weighted by molar-refractivity contribution is 5.56. The van der Waals surface area contributed by atoms with Crippen LogP contribution < -0.4 is 10.6 Å². The van der Waals surface area contributed by atoms with Gasteiger partial charge in [0.1, 0.15) is 0 Å². The van der Waals surface area contributed by atoms with Gasteiger partial charge in [0.2, 0.25) is 0 Å². The summed E-state index contributed by atoms with van der Waals surface area (Å²) in [5.74, 6) is 0. The van der Waals surface area contributed by atoms with Crippen LogP contribution in [0.4, 0.5) is 5.69 Å². The van der Waals surface area contributed by atoms with Gasteiger partial charge in [-0.25, -0.2) is 0 Å². The molecule has 1 aromatic carbocycles. The Morgan fingerprint density at radius 1 is 1.26 bits per heavy atom. The van der Waals surface area contributed by atoms with Gasteiger partial charge in [0.15, 0.2) is 0 Å². The molecule has 3 nitrogen and oxygen atoms in total. The lowest BCUT2D eigenvalue weighted by atomic mass is 10.0. The lowest BCUT2D eigenvalue weighted by molar-refractivity contribution is 0.204. The molecule has 0 heterocycles. The van der Waals surface area contributed by atoms with Gasteiger partial charge in [-0.15, -0.1) is 0 Å². The summed E-state index contributed by atoms with van der Waals surface area (Å²) in [6, 6.07) is 7.26. The van der Waals surface area contributed by atoms with Crippen LogP contribution in [0, 0.1) is 6.92 Å². The number of hydrogen-bond donors (Lipinski definition) is 1. The molecular formula is C16H28N2O. The minimum absolute atomic E-state index is 0.178. The molecule has 0 bridgehead atoms. The average Bonchev–Trinajstić information content (AvgIpc) is 2.30. The van der Waals surface area contributed by atoms with Crippen LogP contribution in [0.2, 0.25) is 0 Å². The largest absolute Gasteiger partial charge is 0.383 e. The van der Waals surface area contributed by atoms with Crippen LogP contribution in [0.5, 0.6) is 0 Å². The van der Waals surface area contributed by atoms with E-state index in [1.54, 1.807) is 7.11 Å². The van der Waals surface area contributed by atoms with E-state index in [2.05, 4.69) is 50.8 Å². The Labute approximate surface area is 117 Å². The molecule has 0 aliphatic carbocycles. The Morgan fingerprint density at radius 2 is 1.95 bits per heavy atom. The summed E-state index contributed by atoms with van der Waals surface area (Å²) in [5.41, 5.74) is 9.88. The van der Waals surface area contributed by atoms with Gasteiger partial charge >= 0.3 is 0 Å². The lowest BCUT2D eigenvalue weighted by Gasteiger charge is -2.31.